The second-order valence-electron chi connectivity index (χ2n) is 10.8. The number of alkyl halides is 12. The maximum absolute atomic E-state index is 13.9. The van der Waals surface area contributed by atoms with Crippen molar-refractivity contribution in [3.8, 4) is 5.75 Å². The van der Waals surface area contributed by atoms with E-state index in [1.165, 1.54) is 48.5 Å². The van der Waals surface area contributed by atoms with Crippen molar-refractivity contribution in [2.75, 3.05) is 0 Å². The Morgan fingerprint density at radius 3 is 1.37 bits per heavy atom. The van der Waals surface area contributed by atoms with Crippen LogP contribution in [-0.2, 0) is 51.3 Å². The van der Waals surface area contributed by atoms with E-state index in [2.05, 4.69) is 15.8 Å². The molecule has 1 aliphatic rings. The van der Waals surface area contributed by atoms with Crippen LogP contribution in [-0.4, -0.2) is 23.4 Å². The highest BCUT2D eigenvalue weighted by Crippen LogP contribution is 2.49. The molecule has 22 heteroatoms. The molecule has 4 aromatic carbocycles. The van der Waals surface area contributed by atoms with Crippen molar-refractivity contribution in [3.63, 3.8) is 0 Å². The Kier molecular flexibility index (Phi) is 11.3. The molecule has 0 N–H and O–H groups in total. The van der Waals surface area contributed by atoms with E-state index in [-0.39, 0.29) is 47.5 Å². The second-order valence-corrected chi connectivity index (χ2v) is 13.8. The molecule has 52 heavy (non-hydrogen) atoms. The molecule has 1 fully saturated rings. The van der Waals surface area contributed by atoms with Crippen molar-refractivity contribution < 1.29 is 69.6 Å². The third kappa shape index (κ3) is 8.84. The summed E-state index contributed by atoms with van der Waals surface area (Å²) in [6, 6.07) is 12.7. The quantitative estimate of drug-likeness (QED) is 0.131. The average molecular weight is 853 g/mol. The molecule has 1 aliphatic heterocycles. The van der Waals surface area contributed by atoms with Gasteiger partial charge in [-0.15, -0.1) is 15.8 Å². The van der Waals surface area contributed by atoms with Crippen molar-refractivity contribution in [1.82, 2.24) is 9.19 Å². The summed E-state index contributed by atoms with van der Waals surface area (Å²) >= 11 is -3.07. The molecular formula is C30H18BBrF12N2O4S2. The van der Waals surface area contributed by atoms with Crippen molar-refractivity contribution in [1.29, 1.82) is 0 Å². The van der Waals surface area contributed by atoms with Crippen LogP contribution >= 0.6 is 15.8 Å². The van der Waals surface area contributed by atoms with Gasteiger partial charge in [0.05, 0.1) is 39.2 Å². The Hall–Kier alpha value is -3.44. The van der Waals surface area contributed by atoms with Gasteiger partial charge >= 0.3 is 30.5 Å². The van der Waals surface area contributed by atoms with E-state index in [1.54, 1.807) is 12.1 Å². The van der Waals surface area contributed by atoms with Crippen molar-refractivity contribution in [2.45, 2.75) is 41.7 Å². The molecule has 4 atom stereocenters. The van der Waals surface area contributed by atoms with Crippen LogP contribution in [0.2, 0.25) is 0 Å². The van der Waals surface area contributed by atoms with E-state index in [1.807, 2.05) is 0 Å². The molecule has 0 aliphatic carbocycles. The van der Waals surface area contributed by atoms with Gasteiger partial charge < -0.3 is 4.18 Å². The molecular weight excluding hydrogens is 835 g/mol. The van der Waals surface area contributed by atoms with Crippen molar-refractivity contribution in [2.24, 2.45) is 0 Å². The number of hydrogen-bond acceptors (Lipinski definition) is 5. The molecule has 0 radical (unpaired) electrons. The highest BCUT2D eigenvalue weighted by molar-refractivity contribution is 9.24. The van der Waals surface area contributed by atoms with Crippen LogP contribution in [0.3, 0.4) is 0 Å². The summed E-state index contributed by atoms with van der Waals surface area (Å²) in [4.78, 5) is -0.324. The summed E-state index contributed by atoms with van der Waals surface area (Å²) in [6.45, 7) is 0. The highest BCUT2D eigenvalue weighted by Gasteiger charge is 2.56. The molecule has 4 aromatic rings. The summed E-state index contributed by atoms with van der Waals surface area (Å²) in [5.41, 5.74) is -6.66. The summed E-state index contributed by atoms with van der Waals surface area (Å²) in [5.74, 6) is -2.80. The Bertz CT molecular complexity index is 1890. The Morgan fingerprint density at radius 1 is 0.577 bits per heavy atom. The van der Waals surface area contributed by atoms with Crippen LogP contribution in [0.1, 0.15) is 45.5 Å². The first kappa shape index (κ1) is 39.8. The smallest absolute Gasteiger partial charge is 0.390 e. The molecule has 5 rings (SSSR count). The molecule has 1 saturated heterocycles. The Labute approximate surface area is 299 Å². The van der Waals surface area contributed by atoms with Gasteiger partial charge in [-0.3, -0.25) is 0 Å². The molecule has 0 aromatic heterocycles. The molecule has 0 amide bonds. The summed E-state index contributed by atoms with van der Waals surface area (Å²) in [7, 11) is 0. The normalized spacial score (nSPS) is 19.1. The number of nitrogens with zero attached hydrogens (tertiary/aromatic N) is 2. The van der Waals surface area contributed by atoms with Gasteiger partial charge in [0.2, 0.25) is 11.1 Å². The fourth-order valence-electron chi connectivity index (χ4n) is 5.10. The van der Waals surface area contributed by atoms with Gasteiger partial charge in [-0.05, 0) is 47.5 Å². The second kappa shape index (κ2) is 14.8. The first-order chi connectivity index (χ1) is 24.1. The lowest BCUT2D eigenvalue weighted by atomic mass is 9.95. The van der Waals surface area contributed by atoms with E-state index >= 15 is 0 Å². The van der Waals surface area contributed by atoms with Crippen LogP contribution in [0.25, 0.3) is 0 Å². The average Bonchev–Trinajstić information content (AvgIpc) is 3.35. The predicted molar refractivity (Wildman–Crippen MR) is 166 cm³/mol. The SMILES string of the molecule is O=S(ON1B(Br)N(S(=O)Oc2cc(C(F)(F)F)cc(C(F)(F)F)c2)[C@H](c2ccccc2)[C@H]1c1ccccc1)c1cc(C(F)(F)F)cc(C(F)(F)F)c1. The van der Waals surface area contributed by atoms with Gasteiger partial charge in [-0.25, -0.2) is 8.49 Å². The third-order valence-corrected chi connectivity index (χ3v) is 10.5. The predicted octanol–water partition coefficient (Wildman–Crippen LogP) is 9.85. The fourth-order valence-corrected chi connectivity index (χ4v) is 8.08. The monoisotopic (exact) mass is 852 g/mol. The highest BCUT2D eigenvalue weighted by atomic mass is 79.9. The standard InChI is InChI=1S/C30H18BBrF12N2O4S2/c32-31-45(50-51(47)24-15-21(29(39,40)41)12-22(16-24)30(42,43)44)25(17-7-3-1-4-8-17)26(18-9-5-2-6-10-18)46(31)52(48)49-23-13-19(27(33,34)35)11-20(14-23)28(36,37)38/h1-16,25-26H/t25-,26-,51?,52?/m1/s1. The Balaban J connectivity index is 1.62. The van der Waals surface area contributed by atoms with Gasteiger partial charge in [-0.1, -0.05) is 60.7 Å². The Morgan fingerprint density at radius 2 is 0.962 bits per heavy atom. The zero-order chi connectivity index (χ0) is 38.4. The van der Waals surface area contributed by atoms with E-state index in [4.69, 9.17) is 8.47 Å². The number of rotatable bonds is 8. The van der Waals surface area contributed by atoms with Crippen LogP contribution in [0.15, 0.2) is 102 Å². The maximum Gasteiger partial charge on any atom is 0.432 e. The van der Waals surface area contributed by atoms with Crippen LogP contribution in [0.4, 0.5) is 52.7 Å². The lowest BCUT2D eigenvalue weighted by molar-refractivity contribution is -0.144. The van der Waals surface area contributed by atoms with Crippen molar-refractivity contribution >= 4 is 43.9 Å². The lowest BCUT2D eigenvalue weighted by Gasteiger charge is -2.28. The molecule has 0 saturated carbocycles. The summed E-state index contributed by atoms with van der Waals surface area (Å²) in [6.07, 6.45) is -21.2. The molecule has 6 nitrogen and oxygen atoms in total. The fraction of sp³-hybridized carbons (Fsp3) is 0.200. The largest absolute Gasteiger partial charge is 0.432 e. The first-order valence-corrected chi connectivity index (χ1v) is 17.2. The lowest BCUT2D eigenvalue weighted by Crippen LogP contribution is -2.42. The van der Waals surface area contributed by atoms with Gasteiger partial charge in [0, 0.05) is 0 Å². The van der Waals surface area contributed by atoms with E-state index in [9.17, 15) is 61.1 Å². The number of benzene rings is 4. The van der Waals surface area contributed by atoms with E-state index < -0.39 is 97.8 Å². The van der Waals surface area contributed by atoms with Gasteiger partial charge in [0.1, 0.15) is 5.75 Å². The van der Waals surface area contributed by atoms with Gasteiger partial charge in [0.15, 0.2) is 0 Å². The van der Waals surface area contributed by atoms with Crippen molar-refractivity contribution in [3.05, 3.63) is 130 Å². The zero-order valence-corrected chi connectivity index (χ0v) is 28.4. The minimum Gasteiger partial charge on any atom is -0.390 e. The molecule has 0 bridgehead atoms. The van der Waals surface area contributed by atoms with Gasteiger partial charge in [-0.2, -0.15) is 66.1 Å². The molecule has 1 heterocycles. The summed E-state index contributed by atoms with van der Waals surface area (Å²) < 4.78 is 202. The molecule has 0 spiro atoms. The molecule has 2 unspecified atom stereocenters. The van der Waals surface area contributed by atoms with Crippen LogP contribution in [0.5, 0.6) is 5.75 Å². The van der Waals surface area contributed by atoms with E-state index in [0.717, 1.165) is 9.19 Å². The first-order valence-electron chi connectivity index (χ1n) is 14.2. The van der Waals surface area contributed by atoms with Gasteiger partial charge in [0.25, 0.3) is 11.3 Å². The third-order valence-electron chi connectivity index (χ3n) is 7.36. The van der Waals surface area contributed by atoms with Crippen LogP contribution < -0.4 is 4.18 Å². The topological polar surface area (TPSA) is 59.1 Å². The maximum atomic E-state index is 13.9. The minimum absolute atomic E-state index is 0.168. The van der Waals surface area contributed by atoms with Crippen LogP contribution in [0, 0.1) is 0 Å². The van der Waals surface area contributed by atoms with E-state index in [0.29, 0.717) is 0 Å². The zero-order valence-electron chi connectivity index (χ0n) is 25.2. The molecule has 278 valence electrons. The number of hydroxylamine groups is 1. The minimum atomic E-state index is -5.31. The number of halogens is 13. The summed E-state index contributed by atoms with van der Waals surface area (Å²) in [5, 5.41) is 0. The number of hydrogen-bond donors (Lipinski definition) is 0.